The largest absolute Gasteiger partial charge is 0.0995 e. The lowest BCUT2D eigenvalue weighted by Gasteiger charge is -2.42. The smallest absolute Gasteiger partial charge is 0.0123 e. The molecule has 0 bridgehead atoms. The molecule has 200 valence electrons. The molecule has 0 radical (unpaired) electrons. The first-order valence-corrected chi connectivity index (χ1v) is 14.8. The highest BCUT2D eigenvalue weighted by Gasteiger charge is 2.45. The second-order valence-corrected chi connectivity index (χ2v) is 11.9. The molecule has 4 atom stereocenters. The maximum atomic E-state index is 4.78. The summed E-state index contributed by atoms with van der Waals surface area (Å²) in [5.41, 5.74) is 15.1. The van der Waals surface area contributed by atoms with Crippen molar-refractivity contribution in [3.8, 4) is 0 Å². The van der Waals surface area contributed by atoms with E-state index in [1.165, 1.54) is 50.1 Å². The number of allylic oxidation sites excluding steroid dienone is 11. The fourth-order valence-electron chi connectivity index (χ4n) is 7.45. The van der Waals surface area contributed by atoms with Gasteiger partial charge in [-0.1, -0.05) is 136 Å². The Morgan fingerprint density at radius 3 is 2.46 bits per heavy atom. The van der Waals surface area contributed by atoms with Crippen LogP contribution in [0, 0.1) is 17.8 Å². The van der Waals surface area contributed by atoms with Crippen LogP contribution in [0.2, 0.25) is 0 Å². The Kier molecular flexibility index (Phi) is 7.94. The Morgan fingerprint density at radius 1 is 0.974 bits per heavy atom. The summed E-state index contributed by atoms with van der Waals surface area (Å²) in [5.74, 6) is 1.69. The van der Waals surface area contributed by atoms with Gasteiger partial charge in [-0.2, -0.15) is 0 Å². The molecule has 0 N–H and O–H groups in total. The third-order valence-corrected chi connectivity index (χ3v) is 9.19. The molecule has 0 heteroatoms. The number of benzene rings is 2. The van der Waals surface area contributed by atoms with Crippen molar-refractivity contribution in [2.45, 2.75) is 65.7 Å². The Balaban J connectivity index is 1.47. The summed E-state index contributed by atoms with van der Waals surface area (Å²) in [6.45, 7) is 22.7. The van der Waals surface area contributed by atoms with Crippen molar-refractivity contribution in [1.29, 1.82) is 0 Å². The lowest BCUT2D eigenvalue weighted by Crippen LogP contribution is -2.32. The van der Waals surface area contributed by atoms with Crippen LogP contribution in [0.1, 0.15) is 81.5 Å². The standard InChI is InChI=1S/C39H44/c1-8-14-26(5)37-27(6)21-33-24-32(28(7)38(33)39(37)36-18-11-10-15-30(36)9-2)23-29-19-20-31(22-29)35-17-13-12-16-34(35)25(3)4/h10-13,15-21,23,27,37-39H,3,5,7-9,14,22,24H2,1-2,4,6H3. The van der Waals surface area contributed by atoms with Gasteiger partial charge in [0, 0.05) is 11.8 Å². The highest BCUT2D eigenvalue weighted by Crippen LogP contribution is 2.57. The maximum absolute atomic E-state index is 4.78. The topological polar surface area (TPSA) is 0 Å². The molecule has 3 aliphatic rings. The number of fused-ring (bicyclic) bond motifs is 1. The molecule has 0 amide bonds. The number of hydrogen-bond donors (Lipinski definition) is 0. The van der Waals surface area contributed by atoms with Gasteiger partial charge in [0.25, 0.3) is 0 Å². The molecule has 0 heterocycles. The first kappa shape index (κ1) is 27.2. The van der Waals surface area contributed by atoms with Crippen LogP contribution in [-0.4, -0.2) is 0 Å². The van der Waals surface area contributed by atoms with Crippen molar-refractivity contribution in [1.82, 2.24) is 0 Å². The minimum Gasteiger partial charge on any atom is -0.0995 e. The predicted molar refractivity (Wildman–Crippen MR) is 171 cm³/mol. The molecule has 2 aromatic carbocycles. The van der Waals surface area contributed by atoms with Gasteiger partial charge in [-0.15, -0.1) is 0 Å². The van der Waals surface area contributed by atoms with E-state index in [0.717, 1.165) is 37.7 Å². The van der Waals surface area contributed by atoms with Gasteiger partial charge in [0.1, 0.15) is 0 Å². The van der Waals surface area contributed by atoms with Crippen molar-refractivity contribution in [2.75, 3.05) is 0 Å². The Labute approximate surface area is 236 Å². The fraction of sp³-hybridized carbons (Fsp3) is 0.333. The summed E-state index contributed by atoms with van der Waals surface area (Å²) in [6, 6.07) is 17.8. The molecule has 1 saturated carbocycles. The fourth-order valence-corrected chi connectivity index (χ4v) is 7.45. The van der Waals surface area contributed by atoms with E-state index in [0.29, 0.717) is 23.7 Å². The first-order chi connectivity index (χ1) is 18.8. The van der Waals surface area contributed by atoms with Crippen molar-refractivity contribution < 1.29 is 0 Å². The average molecular weight is 513 g/mol. The molecule has 0 spiro atoms. The van der Waals surface area contributed by atoms with Gasteiger partial charge in [-0.05, 0) is 89.0 Å². The van der Waals surface area contributed by atoms with Crippen LogP contribution in [0.15, 0.2) is 120 Å². The normalized spacial score (nSPS) is 25.3. The quantitative estimate of drug-likeness (QED) is 0.309. The lowest BCUT2D eigenvalue weighted by molar-refractivity contribution is 0.321. The summed E-state index contributed by atoms with van der Waals surface area (Å²) in [4.78, 5) is 0. The number of aryl methyl sites for hydroxylation is 1. The zero-order chi connectivity index (χ0) is 27.7. The third-order valence-electron chi connectivity index (χ3n) is 9.19. The lowest BCUT2D eigenvalue weighted by atomic mass is 9.61. The molecule has 39 heavy (non-hydrogen) atoms. The molecule has 0 saturated heterocycles. The summed E-state index contributed by atoms with van der Waals surface area (Å²) >= 11 is 0. The van der Waals surface area contributed by atoms with E-state index in [1.807, 2.05) is 0 Å². The van der Waals surface area contributed by atoms with Crippen molar-refractivity contribution in [3.63, 3.8) is 0 Å². The van der Waals surface area contributed by atoms with Crippen molar-refractivity contribution in [3.05, 3.63) is 143 Å². The molecule has 1 fully saturated rings. The molecule has 0 nitrogen and oxygen atoms in total. The van der Waals surface area contributed by atoms with Gasteiger partial charge < -0.3 is 0 Å². The molecule has 2 aromatic rings. The SMILES string of the molecule is C=C(C)c1ccccc1C1=CC=C(C=C2CC3=CC(C)C(C(=C)CCC)C(c4ccccc4CC)C3C2=C)C1. The summed E-state index contributed by atoms with van der Waals surface area (Å²) in [5, 5.41) is 0. The van der Waals surface area contributed by atoms with Crippen LogP contribution < -0.4 is 0 Å². The van der Waals surface area contributed by atoms with E-state index in [-0.39, 0.29) is 0 Å². The minimum atomic E-state index is 0.359. The van der Waals surface area contributed by atoms with E-state index >= 15 is 0 Å². The second-order valence-electron chi connectivity index (χ2n) is 11.9. The van der Waals surface area contributed by atoms with Crippen molar-refractivity contribution in [2.24, 2.45) is 17.8 Å². The Bertz CT molecular complexity index is 1430. The number of rotatable bonds is 8. The van der Waals surface area contributed by atoms with E-state index in [9.17, 15) is 0 Å². The zero-order valence-corrected chi connectivity index (χ0v) is 24.4. The molecule has 0 aliphatic heterocycles. The van der Waals surface area contributed by atoms with Crippen LogP contribution in [0.5, 0.6) is 0 Å². The van der Waals surface area contributed by atoms with Crippen LogP contribution in [0.4, 0.5) is 0 Å². The van der Waals surface area contributed by atoms with Gasteiger partial charge in [-0.25, -0.2) is 0 Å². The zero-order valence-electron chi connectivity index (χ0n) is 24.4. The molecule has 0 aromatic heterocycles. The highest BCUT2D eigenvalue weighted by atomic mass is 14.5. The van der Waals surface area contributed by atoms with E-state index in [2.05, 4.69) is 114 Å². The minimum absolute atomic E-state index is 0.359. The molecular formula is C39H44. The predicted octanol–water partition coefficient (Wildman–Crippen LogP) is 10.8. The van der Waals surface area contributed by atoms with E-state index in [4.69, 9.17) is 6.58 Å². The van der Waals surface area contributed by atoms with Crippen LogP contribution in [0.3, 0.4) is 0 Å². The molecular weight excluding hydrogens is 468 g/mol. The monoisotopic (exact) mass is 512 g/mol. The van der Waals surface area contributed by atoms with Gasteiger partial charge in [-0.3, -0.25) is 0 Å². The van der Waals surface area contributed by atoms with E-state index in [1.54, 1.807) is 5.57 Å². The summed E-state index contributed by atoms with van der Waals surface area (Å²) in [7, 11) is 0. The third kappa shape index (κ3) is 5.14. The maximum Gasteiger partial charge on any atom is 0.0123 e. The van der Waals surface area contributed by atoms with Crippen molar-refractivity contribution >= 4 is 11.1 Å². The van der Waals surface area contributed by atoms with Gasteiger partial charge in [0.05, 0.1) is 0 Å². The van der Waals surface area contributed by atoms with Gasteiger partial charge in [0.2, 0.25) is 0 Å². The van der Waals surface area contributed by atoms with Gasteiger partial charge >= 0.3 is 0 Å². The second kappa shape index (κ2) is 11.4. The van der Waals surface area contributed by atoms with Crippen LogP contribution >= 0.6 is 0 Å². The highest BCUT2D eigenvalue weighted by molar-refractivity contribution is 5.82. The van der Waals surface area contributed by atoms with E-state index < -0.39 is 0 Å². The molecule has 5 rings (SSSR count). The average Bonchev–Trinajstić information content (AvgIpc) is 3.52. The summed E-state index contributed by atoms with van der Waals surface area (Å²) in [6.07, 6.45) is 14.9. The number of hydrogen-bond acceptors (Lipinski definition) is 0. The molecule has 4 unspecified atom stereocenters. The van der Waals surface area contributed by atoms with Crippen LogP contribution in [-0.2, 0) is 6.42 Å². The van der Waals surface area contributed by atoms with Gasteiger partial charge in [0.15, 0.2) is 0 Å². The Hall–Kier alpha value is -3.38. The summed E-state index contributed by atoms with van der Waals surface area (Å²) < 4.78 is 0. The molecule has 3 aliphatic carbocycles. The Morgan fingerprint density at radius 2 is 1.72 bits per heavy atom. The van der Waals surface area contributed by atoms with Crippen LogP contribution in [0.25, 0.3) is 11.1 Å². The first-order valence-electron chi connectivity index (χ1n) is 14.8.